The first-order valence-electron chi connectivity index (χ1n) is 11.9. The average Bonchev–Trinajstić information content (AvgIpc) is 2.94. The van der Waals surface area contributed by atoms with Gasteiger partial charge in [-0.3, -0.25) is 14.1 Å². The molecule has 38 heavy (non-hydrogen) atoms. The highest BCUT2D eigenvalue weighted by Gasteiger charge is 2.21. The Balaban J connectivity index is 0.000000786. The Bertz CT molecular complexity index is 1460. The van der Waals surface area contributed by atoms with E-state index < -0.39 is 22.7 Å². The number of amides is 1. The molecule has 0 saturated carbocycles. The Kier molecular flexibility index (Phi) is 9.41. The van der Waals surface area contributed by atoms with Crippen LogP contribution in [0.2, 0.25) is 5.02 Å². The second kappa shape index (κ2) is 12.9. The van der Waals surface area contributed by atoms with Crippen molar-refractivity contribution < 1.29 is 22.9 Å². The molecule has 3 aromatic carbocycles. The molecule has 1 fully saturated rings. The molecule has 0 radical (unpaired) electrons. The van der Waals surface area contributed by atoms with E-state index in [0.717, 1.165) is 17.4 Å². The molecule has 1 aliphatic rings. The molecule has 1 aliphatic heterocycles. The van der Waals surface area contributed by atoms with Crippen molar-refractivity contribution in [2.24, 2.45) is 0 Å². The molecule has 7 nitrogen and oxygen atoms in total. The van der Waals surface area contributed by atoms with Gasteiger partial charge in [-0.2, -0.15) is 0 Å². The van der Waals surface area contributed by atoms with Crippen LogP contribution in [-0.4, -0.2) is 47.9 Å². The van der Waals surface area contributed by atoms with E-state index in [4.69, 9.17) is 16.3 Å². The van der Waals surface area contributed by atoms with Gasteiger partial charge in [0, 0.05) is 36.6 Å². The minimum Gasteiger partial charge on any atom is -0.385 e. The van der Waals surface area contributed by atoms with Crippen molar-refractivity contribution in [3.8, 4) is 11.3 Å². The van der Waals surface area contributed by atoms with Crippen LogP contribution in [0.25, 0.3) is 22.0 Å². The summed E-state index contributed by atoms with van der Waals surface area (Å²) in [4.78, 5) is 17.3. The molecule has 4 aromatic rings. The van der Waals surface area contributed by atoms with Gasteiger partial charge >= 0.3 is 0 Å². The fourth-order valence-electron chi connectivity index (χ4n) is 3.85. The number of nitrogens with one attached hydrogen (secondary N) is 1. The number of nitrogens with zero attached hydrogens (tertiary/aromatic N) is 2. The highest BCUT2D eigenvalue weighted by Crippen LogP contribution is 2.34. The van der Waals surface area contributed by atoms with E-state index in [2.05, 4.69) is 15.0 Å². The van der Waals surface area contributed by atoms with Gasteiger partial charge in [0.05, 0.1) is 35.1 Å². The Morgan fingerprint density at radius 3 is 2.71 bits per heavy atom. The molecule has 1 saturated heterocycles. The molecule has 1 amide bonds. The van der Waals surface area contributed by atoms with Gasteiger partial charge < -0.3 is 14.8 Å². The largest absolute Gasteiger partial charge is 0.385 e. The Hall–Kier alpha value is -3.37. The summed E-state index contributed by atoms with van der Waals surface area (Å²) in [7, 11) is 0.287. The maximum atomic E-state index is 14.8. The van der Waals surface area contributed by atoms with Crippen molar-refractivity contribution in [3.63, 3.8) is 0 Å². The van der Waals surface area contributed by atoms with Crippen molar-refractivity contribution in [1.29, 1.82) is 0 Å². The smallest absolute Gasteiger partial charge is 0.258 e. The van der Waals surface area contributed by atoms with Crippen LogP contribution >= 0.6 is 11.6 Å². The van der Waals surface area contributed by atoms with Gasteiger partial charge in [0.1, 0.15) is 22.7 Å². The predicted octanol–water partition coefficient (Wildman–Crippen LogP) is 6.06. The van der Waals surface area contributed by atoms with Crippen LogP contribution in [0.5, 0.6) is 0 Å². The molecule has 1 atom stereocenters. The number of carbonyl (C=O) groups is 1. The third-order valence-corrected chi connectivity index (χ3v) is 7.38. The first-order chi connectivity index (χ1) is 18.4. The number of pyridine rings is 1. The Morgan fingerprint density at radius 2 is 1.97 bits per heavy atom. The lowest BCUT2D eigenvalue weighted by Crippen LogP contribution is -2.37. The number of hydrogen-bond acceptors (Lipinski definition) is 5. The summed E-state index contributed by atoms with van der Waals surface area (Å²) in [5, 5.41) is 5.16. The number of ether oxygens (including phenoxy) is 2. The van der Waals surface area contributed by atoms with E-state index in [1.807, 2.05) is 37.3 Å². The third-order valence-electron chi connectivity index (χ3n) is 5.80. The van der Waals surface area contributed by atoms with Gasteiger partial charge in [-0.1, -0.05) is 35.9 Å². The summed E-state index contributed by atoms with van der Waals surface area (Å²) in [6.45, 7) is 3.56. The van der Waals surface area contributed by atoms with Gasteiger partial charge in [0.25, 0.3) is 5.91 Å². The zero-order valence-electron chi connectivity index (χ0n) is 20.9. The standard InChI is InChI=1S/C25H19ClFN3O3S.C3H8O/c26-22-8-5-17(13-21(22)24-19-4-2-1-3-16(19)9-10-28-24)29-25(31)20-7-6-18(14-23(20)27)30-11-12-33-15-34(30)32;1-3-4-2/h1-10,13-14H,11-12,15H2,(H,29,31);3H2,1-2H3. The fraction of sp³-hybridized carbons (Fsp3) is 0.214. The van der Waals surface area contributed by atoms with E-state index in [0.29, 0.717) is 40.8 Å². The molecule has 0 spiro atoms. The third kappa shape index (κ3) is 6.36. The number of aromatic nitrogens is 1. The average molecular weight is 556 g/mol. The number of hydrogen-bond donors (Lipinski definition) is 1. The van der Waals surface area contributed by atoms with E-state index in [9.17, 15) is 13.4 Å². The monoisotopic (exact) mass is 555 g/mol. The number of carbonyl (C=O) groups excluding carboxylic acids is 1. The van der Waals surface area contributed by atoms with E-state index in [1.165, 1.54) is 12.1 Å². The van der Waals surface area contributed by atoms with Crippen LogP contribution in [0.4, 0.5) is 15.8 Å². The topological polar surface area (TPSA) is 80.8 Å². The second-order valence-corrected chi connectivity index (χ2v) is 9.95. The summed E-state index contributed by atoms with van der Waals surface area (Å²) < 4.78 is 38.2. The lowest BCUT2D eigenvalue weighted by molar-refractivity contribution is 0.102. The van der Waals surface area contributed by atoms with Crippen molar-refractivity contribution in [3.05, 3.63) is 89.3 Å². The van der Waals surface area contributed by atoms with Gasteiger partial charge in [-0.25, -0.2) is 8.60 Å². The molecule has 1 unspecified atom stereocenters. The molecular weight excluding hydrogens is 529 g/mol. The predicted molar refractivity (Wildman–Crippen MR) is 150 cm³/mol. The van der Waals surface area contributed by atoms with Crippen LogP contribution in [0.15, 0.2) is 72.9 Å². The molecule has 5 rings (SSSR count). The molecule has 0 bridgehead atoms. The summed E-state index contributed by atoms with van der Waals surface area (Å²) >= 11 is 6.46. The molecule has 198 valence electrons. The van der Waals surface area contributed by atoms with Crippen LogP contribution in [-0.2, 0) is 20.5 Å². The van der Waals surface area contributed by atoms with Gasteiger partial charge in [-0.05, 0) is 54.8 Å². The zero-order valence-corrected chi connectivity index (χ0v) is 22.5. The number of fused-ring (bicyclic) bond motifs is 1. The lowest BCUT2D eigenvalue weighted by atomic mass is 10.0. The van der Waals surface area contributed by atoms with E-state index in [1.54, 1.807) is 41.9 Å². The fourth-order valence-corrected chi connectivity index (χ4v) is 5.07. The molecule has 10 heteroatoms. The summed E-state index contributed by atoms with van der Waals surface area (Å²) in [6, 6.07) is 18.9. The van der Waals surface area contributed by atoms with Crippen LogP contribution in [0.1, 0.15) is 17.3 Å². The summed E-state index contributed by atoms with van der Waals surface area (Å²) in [5.74, 6) is -1.25. The second-order valence-electron chi connectivity index (χ2n) is 8.22. The van der Waals surface area contributed by atoms with Crippen LogP contribution < -0.4 is 9.62 Å². The number of rotatable bonds is 5. The first-order valence-corrected chi connectivity index (χ1v) is 13.6. The normalized spacial score (nSPS) is 15.1. The quantitative estimate of drug-likeness (QED) is 0.324. The number of benzene rings is 3. The van der Waals surface area contributed by atoms with E-state index in [-0.39, 0.29) is 11.5 Å². The molecule has 1 aromatic heterocycles. The van der Waals surface area contributed by atoms with Crippen LogP contribution in [0.3, 0.4) is 0 Å². The number of anilines is 2. The lowest BCUT2D eigenvalue weighted by Gasteiger charge is -2.27. The number of halogens is 2. The summed E-state index contributed by atoms with van der Waals surface area (Å²) in [6.07, 6.45) is 1.71. The van der Waals surface area contributed by atoms with Gasteiger partial charge in [-0.15, -0.1) is 0 Å². The first kappa shape index (κ1) is 27.7. The van der Waals surface area contributed by atoms with Crippen molar-refractivity contribution in [2.45, 2.75) is 6.92 Å². The van der Waals surface area contributed by atoms with Crippen molar-refractivity contribution >= 4 is 50.6 Å². The molecular formula is C28H27ClFN3O4S. The summed E-state index contributed by atoms with van der Waals surface area (Å²) in [5.41, 5.74) is 2.11. The van der Waals surface area contributed by atoms with Gasteiger partial charge in [0.2, 0.25) is 0 Å². The minimum atomic E-state index is -1.39. The highest BCUT2D eigenvalue weighted by molar-refractivity contribution is 7.86. The molecule has 2 heterocycles. The molecule has 1 N–H and O–H groups in total. The van der Waals surface area contributed by atoms with Crippen LogP contribution in [0, 0.1) is 5.82 Å². The maximum absolute atomic E-state index is 14.8. The van der Waals surface area contributed by atoms with Crippen molar-refractivity contribution in [2.75, 3.05) is 42.4 Å². The Labute approximate surface area is 228 Å². The van der Waals surface area contributed by atoms with E-state index >= 15 is 0 Å². The Morgan fingerprint density at radius 1 is 1.18 bits per heavy atom. The maximum Gasteiger partial charge on any atom is 0.258 e. The van der Waals surface area contributed by atoms with Crippen molar-refractivity contribution in [1.82, 2.24) is 4.98 Å². The SMILES string of the molecule is CCOC.O=C(Nc1ccc(Cl)c(-c2nccc3ccccc23)c1)c1ccc(N2CCOCS2=O)cc1F. The van der Waals surface area contributed by atoms with Gasteiger partial charge in [0.15, 0.2) is 0 Å². The molecule has 0 aliphatic carbocycles. The minimum absolute atomic E-state index is 0.0638. The zero-order chi connectivity index (χ0) is 27.1. The highest BCUT2D eigenvalue weighted by atomic mass is 35.5. The number of methoxy groups -OCH3 is 1.